The molecular weight excluding hydrogens is 170 g/mol. The van der Waals surface area contributed by atoms with Crippen molar-refractivity contribution in [1.82, 2.24) is 5.32 Å². The second kappa shape index (κ2) is 6.44. The maximum Gasteiger partial charge on any atom is 0.00978 e. The van der Waals surface area contributed by atoms with Gasteiger partial charge in [0.05, 0.1) is 0 Å². The molecule has 2 atom stereocenters. The molecule has 1 aliphatic carbocycles. The van der Waals surface area contributed by atoms with Gasteiger partial charge >= 0.3 is 0 Å². The van der Waals surface area contributed by atoms with Crippen LogP contribution < -0.4 is 5.32 Å². The van der Waals surface area contributed by atoms with E-state index in [1.54, 1.807) is 0 Å². The lowest BCUT2D eigenvalue weighted by Gasteiger charge is -2.34. The topological polar surface area (TPSA) is 12.0 Å². The second-order valence-electron chi connectivity index (χ2n) is 4.74. The molecule has 1 N–H and O–H groups in total. The van der Waals surface area contributed by atoms with Gasteiger partial charge in [0, 0.05) is 12.1 Å². The third-order valence-corrected chi connectivity index (χ3v) is 3.87. The minimum Gasteiger partial charge on any atom is -0.311 e. The summed E-state index contributed by atoms with van der Waals surface area (Å²) in [4.78, 5) is 0. The zero-order chi connectivity index (χ0) is 10.4. The van der Waals surface area contributed by atoms with Crippen molar-refractivity contribution in [1.29, 1.82) is 0 Å². The van der Waals surface area contributed by atoms with Gasteiger partial charge in [-0.1, -0.05) is 40.0 Å². The van der Waals surface area contributed by atoms with E-state index in [1.165, 1.54) is 44.9 Å². The van der Waals surface area contributed by atoms with Gasteiger partial charge in [-0.15, -0.1) is 0 Å². The molecule has 0 aliphatic heterocycles. The lowest BCUT2D eigenvalue weighted by molar-refractivity contribution is 0.232. The van der Waals surface area contributed by atoms with Crippen LogP contribution in [0.3, 0.4) is 0 Å². The van der Waals surface area contributed by atoms with E-state index in [4.69, 9.17) is 0 Å². The Bertz CT molecular complexity index is 140. The Kier molecular flexibility index (Phi) is 5.54. The van der Waals surface area contributed by atoms with Gasteiger partial charge in [0.15, 0.2) is 0 Å². The molecule has 0 aromatic rings. The van der Waals surface area contributed by atoms with E-state index >= 15 is 0 Å². The normalized spacial score (nSPS) is 28.3. The third-order valence-electron chi connectivity index (χ3n) is 3.87. The first-order valence-corrected chi connectivity index (χ1v) is 6.57. The number of hydrogen-bond acceptors (Lipinski definition) is 1. The van der Waals surface area contributed by atoms with Crippen LogP contribution in [0.1, 0.15) is 65.7 Å². The van der Waals surface area contributed by atoms with Crippen molar-refractivity contribution in [2.45, 2.75) is 77.8 Å². The van der Waals surface area contributed by atoms with E-state index in [9.17, 15) is 0 Å². The summed E-state index contributed by atoms with van der Waals surface area (Å²) < 4.78 is 0. The maximum atomic E-state index is 3.86. The van der Waals surface area contributed by atoms with E-state index in [2.05, 4.69) is 26.1 Å². The van der Waals surface area contributed by atoms with Crippen molar-refractivity contribution >= 4 is 0 Å². The predicted octanol–water partition coefficient (Wildman–Crippen LogP) is 3.73. The molecule has 0 spiro atoms. The van der Waals surface area contributed by atoms with Crippen molar-refractivity contribution in [3.63, 3.8) is 0 Å². The minimum atomic E-state index is 0.757. The van der Waals surface area contributed by atoms with Crippen molar-refractivity contribution in [3.8, 4) is 0 Å². The number of hydrogen-bond donors (Lipinski definition) is 1. The average Bonchev–Trinajstić information content (AvgIpc) is 2.26. The molecule has 84 valence electrons. The third kappa shape index (κ3) is 3.27. The van der Waals surface area contributed by atoms with Gasteiger partial charge in [-0.2, -0.15) is 0 Å². The van der Waals surface area contributed by atoms with Crippen LogP contribution in [0, 0.1) is 5.92 Å². The molecule has 1 fully saturated rings. The van der Waals surface area contributed by atoms with Gasteiger partial charge in [-0.25, -0.2) is 0 Å². The number of rotatable bonds is 5. The molecule has 1 heteroatoms. The molecule has 0 radical (unpaired) electrons. The predicted molar refractivity (Wildman–Crippen MR) is 63.5 cm³/mol. The van der Waals surface area contributed by atoms with E-state index in [1.807, 2.05) is 0 Å². The quantitative estimate of drug-likeness (QED) is 0.708. The molecule has 1 nitrogen and oxygen atoms in total. The van der Waals surface area contributed by atoms with Gasteiger partial charge < -0.3 is 5.32 Å². The maximum absolute atomic E-state index is 3.86. The Hall–Kier alpha value is -0.0400. The lowest BCUT2D eigenvalue weighted by Crippen LogP contribution is -2.43. The summed E-state index contributed by atoms with van der Waals surface area (Å²) in [5.74, 6) is 0.948. The van der Waals surface area contributed by atoms with E-state index in [-0.39, 0.29) is 0 Å². The van der Waals surface area contributed by atoms with Gasteiger partial charge in [0.1, 0.15) is 0 Å². The molecule has 0 amide bonds. The summed E-state index contributed by atoms with van der Waals surface area (Å²) in [6.07, 6.45) is 9.68. The molecule has 0 aromatic carbocycles. The molecule has 0 saturated heterocycles. The first kappa shape index (κ1) is 12.0. The molecule has 14 heavy (non-hydrogen) atoms. The highest BCUT2D eigenvalue weighted by atomic mass is 15.0. The minimum absolute atomic E-state index is 0.757. The van der Waals surface area contributed by atoms with Gasteiger partial charge in [0.25, 0.3) is 0 Å². The second-order valence-corrected chi connectivity index (χ2v) is 4.74. The number of nitrogens with one attached hydrogen (secondary N) is 1. The van der Waals surface area contributed by atoms with Crippen LogP contribution in [0.5, 0.6) is 0 Å². The molecule has 0 aromatic heterocycles. The Morgan fingerprint density at radius 2 is 1.71 bits per heavy atom. The molecule has 0 bridgehead atoms. The van der Waals surface area contributed by atoms with E-state index < -0.39 is 0 Å². The van der Waals surface area contributed by atoms with Gasteiger partial charge in [-0.05, 0) is 31.6 Å². The average molecular weight is 197 g/mol. The standard InChI is InChI=1S/C13H27N/c1-4-11-9-7-8-10-13(11)14-12(5-2)6-3/h11-14H,4-10H2,1-3H3. The van der Waals surface area contributed by atoms with Crippen LogP contribution in [0.15, 0.2) is 0 Å². The van der Waals surface area contributed by atoms with Crippen LogP contribution >= 0.6 is 0 Å². The Balaban J connectivity index is 2.39. The van der Waals surface area contributed by atoms with Crippen molar-refractivity contribution in [2.24, 2.45) is 5.92 Å². The van der Waals surface area contributed by atoms with Gasteiger partial charge in [-0.3, -0.25) is 0 Å². The smallest absolute Gasteiger partial charge is 0.00978 e. The Labute approximate surface area is 89.7 Å². The fourth-order valence-electron chi connectivity index (χ4n) is 2.74. The van der Waals surface area contributed by atoms with Crippen LogP contribution in [0.4, 0.5) is 0 Å². The highest BCUT2D eigenvalue weighted by Gasteiger charge is 2.24. The SMILES string of the molecule is CCC(CC)NC1CCCCC1CC. The first-order chi connectivity index (χ1) is 6.81. The summed E-state index contributed by atoms with van der Waals surface area (Å²) in [6.45, 7) is 6.94. The summed E-state index contributed by atoms with van der Waals surface area (Å²) in [6, 6.07) is 1.57. The monoisotopic (exact) mass is 197 g/mol. The highest BCUT2D eigenvalue weighted by molar-refractivity contribution is 4.82. The summed E-state index contributed by atoms with van der Waals surface area (Å²) in [5.41, 5.74) is 0. The Morgan fingerprint density at radius 3 is 2.29 bits per heavy atom. The summed E-state index contributed by atoms with van der Waals surface area (Å²) in [7, 11) is 0. The van der Waals surface area contributed by atoms with Crippen molar-refractivity contribution in [3.05, 3.63) is 0 Å². The Morgan fingerprint density at radius 1 is 1.07 bits per heavy atom. The van der Waals surface area contributed by atoms with E-state index in [0.29, 0.717) is 0 Å². The van der Waals surface area contributed by atoms with Crippen LogP contribution in [0.25, 0.3) is 0 Å². The molecular formula is C13H27N. The van der Waals surface area contributed by atoms with Crippen molar-refractivity contribution < 1.29 is 0 Å². The summed E-state index contributed by atoms with van der Waals surface area (Å²) >= 11 is 0. The van der Waals surface area contributed by atoms with Gasteiger partial charge in [0.2, 0.25) is 0 Å². The molecule has 1 rings (SSSR count). The summed E-state index contributed by atoms with van der Waals surface area (Å²) in [5, 5.41) is 3.86. The molecule has 1 saturated carbocycles. The first-order valence-electron chi connectivity index (χ1n) is 6.57. The highest BCUT2D eigenvalue weighted by Crippen LogP contribution is 2.27. The van der Waals surface area contributed by atoms with Crippen LogP contribution in [-0.2, 0) is 0 Å². The van der Waals surface area contributed by atoms with Crippen molar-refractivity contribution in [2.75, 3.05) is 0 Å². The molecule has 1 aliphatic rings. The van der Waals surface area contributed by atoms with Crippen LogP contribution in [0.2, 0.25) is 0 Å². The van der Waals surface area contributed by atoms with E-state index in [0.717, 1.165) is 18.0 Å². The van der Waals surface area contributed by atoms with Crippen LogP contribution in [-0.4, -0.2) is 12.1 Å². The molecule has 0 heterocycles. The lowest BCUT2D eigenvalue weighted by atomic mass is 9.82. The fraction of sp³-hybridized carbons (Fsp3) is 1.00. The molecule has 2 unspecified atom stereocenters. The largest absolute Gasteiger partial charge is 0.311 e. The zero-order valence-corrected chi connectivity index (χ0v) is 10.2. The zero-order valence-electron chi connectivity index (χ0n) is 10.2. The fourth-order valence-corrected chi connectivity index (χ4v) is 2.74.